The maximum atomic E-state index is 4.85. The van der Waals surface area contributed by atoms with Gasteiger partial charge in [0.25, 0.3) is 0 Å². The van der Waals surface area contributed by atoms with E-state index in [1.54, 1.807) is 5.92 Å². The second kappa shape index (κ2) is 7.91. The number of hydrogen-bond acceptors (Lipinski definition) is 0. The van der Waals surface area contributed by atoms with Crippen molar-refractivity contribution in [1.82, 2.24) is 0 Å². The zero-order valence-corrected chi connectivity index (χ0v) is 11.4. The molecule has 0 aromatic heterocycles. The third-order valence-corrected chi connectivity index (χ3v) is 1.96. The first kappa shape index (κ1) is 13.6. The van der Waals surface area contributed by atoms with E-state index in [4.69, 9.17) is 19.4 Å². The van der Waals surface area contributed by atoms with Crippen molar-refractivity contribution in [3.05, 3.63) is 29.7 Å². The monoisotopic (exact) mass is 307 g/mol. The van der Waals surface area contributed by atoms with Gasteiger partial charge in [0, 0.05) is 0 Å². The van der Waals surface area contributed by atoms with E-state index in [2.05, 4.69) is 39.0 Å². The predicted molar refractivity (Wildman–Crippen MR) is 57.3 cm³/mol. The van der Waals surface area contributed by atoms with Gasteiger partial charge in [-0.15, -0.1) is 11.6 Å². The Morgan fingerprint density at radius 1 is 1.46 bits per heavy atom. The summed E-state index contributed by atoms with van der Waals surface area (Å²) in [4.78, 5) is 0. The summed E-state index contributed by atoms with van der Waals surface area (Å²) in [5, 5.41) is 0. The van der Waals surface area contributed by atoms with Gasteiger partial charge in [0.15, 0.2) is 0 Å². The van der Waals surface area contributed by atoms with Crippen LogP contribution in [-0.4, -0.2) is 0 Å². The van der Waals surface area contributed by atoms with Crippen LogP contribution in [0.2, 0.25) is 0 Å². The second-order valence-corrected chi connectivity index (χ2v) is 5.90. The van der Waals surface area contributed by atoms with Crippen molar-refractivity contribution in [3.63, 3.8) is 0 Å². The summed E-state index contributed by atoms with van der Waals surface area (Å²) < 4.78 is 0. The van der Waals surface area contributed by atoms with Gasteiger partial charge < -0.3 is 0 Å². The third-order valence-electron chi connectivity index (χ3n) is 1.96. The molecule has 0 amide bonds. The van der Waals surface area contributed by atoms with E-state index in [9.17, 15) is 0 Å². The van der Waals surface area contributed by atoms with E-state index in [1.807, 2.05) is 0 Å². The van der Waals surface area contributed by atoms with Gasteiger partial charge >= 0.3 is 34.5 Å². The molecule has 0 aliphatic heterocycles. The minimum absolute atomic E-state index is 0.346. The Morgan fingerprint density at radius 3 is 2.31 bits per heavy atom. The molecule has 0 N–H and O–H groups in total. The van der Waals surface area contributed by atoms with Crippen molar-refractivity contribution in [2.45, 2.75) is 27.2 Å². The molecule has 0 nitrogen and oxygen atoms in total. The van der Waals surface area contributed by atoms with Crippen molar-refractivity contribution >= 4 is 19.4 Å². The van der Waals surface area contributed by atoms with E-state index < -0.39 is 0 Å². The molecular weight excluding hydrogens is 292 g/mol. The van der Waals surface area contributed by atoms with Crippen LogP contribution in [0, 0.1) is 11.8 Å². The van der Waals surface area contributed by atoms with Crippen LogP contribution in [-0.2, 0) is 15.1 Å². The van der Waals surface area contributed by atoms with Gasteiger partial charge in [0.05, 0.1) is 0 Å². The Labute approximate surface area is 97.1 Å². The molecular formula is C10H15Cl2Ru-. The molecule has 0 aromatic rings. The topological polar surface area (TPSA) is 0 Å². The van der Waals surface area contributed by atoms with Crippen molar-refractivity contribution in [2.24, 2.45) is 5.92 Å². The van der Waals surface area contributed by atoms with Gasteiger partial charge in [-0.05, 0) is 0 Å². The average molecular weight is 307 g/mol. The molecule has 0 aromatic carbocycles. The third kappa shape index (κ3) is 6.60. The van der Waals surface area contributed by atoms with Gasteiger partial charge in [-0.25, -0.2) is 18.1 Å². The van der Waals surface area contributed by atoms with Crippen molar-refractivity contribution in [3.8, 4) is 0 Å². The standard InChI is InChI=1S/C10H15.2ClH.Ru/c1-8(2)10-6-4-9(3)5-7-10;;;/h4-6,8H,7H2,1-3H3;2*1H;/q-1;;;+2/p-2. The van der Waals surface area contributed by atoms with Crippen LogP contribution in [0.4, 0.5) is 0 Å². The number of hydrogen-bond donors (Lipinski definition) is 0. The summed E-state index contributed by atoms with van der Waals surface area (Å²) in [7, 11) is 9.71. The normalized spacial score (nSPS) is 15.5. The zero-order chi connectivity index (χ0) is 10.3. The molecule has 0 spiro atoms. The molecule has 78 valence electrons. The summed E-state index contributed by atoms with van der Waals surface area (Å²) in [6, 6.07) is 0. The number of halogens is 2. The fraction of sp³-hybridized carbons (Fsp3) is 0.500. The quantitative estimate of drug-likeness (QED) is 0.494. The molecule has 0 bridgehead atoms. The Morgan fingerprint density at radius 2 is 2.00 bits per heavy atom. The summed E-state index contributed by atoms with van der Waals surface area (Å²) in [6.07, 6.45) is 7.88. The SMILES string of the molecule is CC1=CC[C-](C(C)C)C=C1.[Cl][Ru][Cl]. The van der Waals surface area contributed by atoms with Crippen LogP contribution in [0.15, 0.2) is 23.8 Å². The average Bonchev–Trinajstić information content (AvgIpc) is 2.06. The summed E-state index contributed by atoms with van der Waals surface area (Å²) in [5.74, 6) is 2.26. The van der Waals surface area contributed by atoms with Crippen molar-refractivity contribution < 1.29 is 15.1 Å². The van der Waals surface area contributed by atoms with E-state index in [0.717, 1.165) is 6.42 Å². The molecule has 1 aliphatic carbocycles. The van der Waals surface area contributed by atoms with E-state index >= 15 is 0 Å². The fourth-order valence-electron chi connectivity index (χ4n) is 1.08. The second-order valence-electron chi connectivity index (χ2n) is 3.27. The molecule has 1 aliphatic rings. The van der Waals surface area contributed by atoms with Crippen LogP contribution >= 0.6 is 19.4 Å². The van der Waals surface area contributed by atoms with E-state index in [0.29, 0.717) is 5.92 Å². The molecule has 1 rings (SSSR count). The number of rotatable bonds is 1. The van der Waals surface area contributed by atoms with Crippen LogP contribution in [0.25, 0.3) is 0 Å². The summed E-state index contributed by atoms with van der Waals surface area (Å²) in [6.45, 7) is 6.63. The molecule has 13 heavy (non-hydrogen) atoms. The molecule has 0 unspecified atom stereocenters. The van der Waals surface area contributed by atoms with E-state index in [-0.39, 0.29) is 15.1 Å². The van der Waals surface area contributed by atoms with Crippen molar-refractivity contribution in [2.75, 3.05) is 0 Å². The number of allylic oxidation sites excluding steroid dienone is 4. The molecule has 3 heteroatoms. The van der Waals surface area contributed by atoms with E-state index in [1.165, 1.54) is 5.57 Å². The summed E-state index contributed by atoms with van der Waals surface area (Å²) >= 11 is -0.346. The fourth-order valence-corrected chi connectivity index (χ4v) is 1.08. The first-order valence-electron chi connectivity index (χ1n) is 4.17. The molecule has 0 radical (unpaired) electrons. The Kier molecular flexibility index (Phi) is 8.25. The zero-order valence-electron chi connectivity index (χ0n) is 8.13. The molecule has 0 saturated carbocycles. The molecule has 0 saturated heterocycles. The molecule has 0 fully saturated rings. The first-order valence-corrected chi connectivity index (χ1v) is 8.65. The molecule has 0 atom stereocenters. The predicted octanol–water partition coefficient (Wildman–Crippen LogP) is 4.50. The maximum absolute atomic E-state index is 4.85. The van der Waals surface area contributed by atoms with Gasteiger partial charge in [0.2, 0.25) is 0 Å². The van der Waals surface area contributed by atoms with Crippen LogP contribution in [0.1, 0.15) is 27.2 Å². The van der Waals surface area contributed by atoms with Gasteiger partial charge in [-0.1, -0.05) is 33.1 Å². The first-order chi connectivity index (χ1) is 6.11. The van der Waals surface area contributed by atoms with Crippen LogP contribution in [0.5, 0.6) is 0 Å². The van der Waals surface area contributed by atoms with Crippen LogP contribution < -0.4 is 0 Å². The van der Waals surface area contributed by atoms with Gasteiger partial charge in [-0.3, -0.25) is 0 Å². The Balaban J connectivity index is 0.000000424. The minimum atomic E-state index is -0.346. The van der Waals surface area contributed by atoms with Gasteiger partial charge in [-0.2, -0.15) is 0 Å². The molecule has 0 heterocycles. The summed E-state index contributed by atoms with van der Waals surface area (Å²) in [5.41, 5.74) is 1.39. The Bertz CT molecular complexity index is 185. The van der Waals surface area contributed by atoms with Gasteiger partial charge in [0.1, 0.15) is 0 Å². The van der Waals surface area contributed by atoms with Crippen LogP contribution in [0.3, 0.4) is 0 Å². The Hall–Kier alpha value is 0.553. The van der Waals surface area contributed by atoms with Crippen molar-refractivity contribution in [1.29, 1.82) is 0 Å².